The zero-order valence-electron chi connectivity index (χ0n) is 16.0. The van der Waals surface area contributed by atoms with Crippen LogP contribution in [0.5, 0.6) is 0 Å². The Kier molecular flexibility index (Phi) is 7.14. The van der Waals surface area contributed by atoms with Gasteiger partial charge in [-0.15, -0.1) is 0 Å². The van der Waals surface area contributed by atoms with E-state index in [4.69, 9.17) is 4.74 Å². The fourth-order valence-corrected chi connectivity index (χ4v) is 3.73. The monoisotopic (exact) mass is 441 g/mol. The van der Waals surface area contributed by atoms with E-state index in [9.17, 15) is 31.9 Å². The van der Waals surface area contributed by atoms with E-state index in [0.29, 0.717) is 6.07 Å². The Labute approximate surface area is 171 Å². The van der Waals surface area contributed by atoms with Crippen molar-refractivity contribution in [2.45, 2.75) is 31.0 Å². The fourth-order valence-electron chi connectivity index (χ4n) is 2.54. The lowest BCUT2D eigenvalue weighted by atomic mass is 10.0. The van der Waals surface area contributed by atoms with Crippen LogP contribution in [0.15, 0.2) is 53.4 Å². The van der Waals surface area contributed by atoms with Gasteiger partial charge in [-0.2, -0.15) is 22.7 Å². The number of carbonyl (C=O) groups is 1. The molecule has 0 saturated carbocycles. The molecule has 0 aliphatic rings. The Morgan fingerprint density at radius 1 is 1.20 bits per heavy atom. The summed E-state index contributed by atoms with van der Waals surface area (Å²) in [5, 5.41) is 0. The van der Waals surface area contributed by atoms with Crippen molar-refractivity contribution in [2.24, 2.45) is 0 Å². The van der Waals surface area contributed by atoms with Crippen molar-refractivity contribution in [2.75, 3.05) is 6.61 Å². The third-order valence-electron chi connectivity index (χ3n) is 4.02. The van der Waals surface area contributed by atoms with Gasteiger partial charge in [-0.05, 0) is 43.7 Å². The number of nitrogens with one attached hydrogen (secondary N) is 1. The topological polar surface area (TPSA) is 109 Å². The van der Waals surface area contributed by atoms with Gasteiger partial charge in [0.2, 0.25) is 10.0 Å². The van der Waals surface area contributed by atoms with E-state index >= 15 is 0 Å². The van der Waals surface area contributed by atoms with Crippen molar-refractivity contribution in [1.29, 1.82) is 0 Å². The van der Waals surface area contributed by atoms with Crippen LogP contribution in [0.1, 0.15) is 29.7 Å². The van der Waals surface area contributed by atoms with Crippen molar-refractivity contribution < 1.29 is 35.9 Å². The van der Waals surface area contributed by atoms with Gasteiger partial charge in [0, 0.05) is 0 Å². The Hall–Kier alpha value is -3.01. The molecule has 2 aromatic rings. The number of hydrogen-bond acceptors (Lipinski definition) is 4. The van der Waals surface area contributed by atoms with Gasteiger partial charge < -0.3 is 10.3 Å². The van der Waals surface area contributed by atoms with Crippen LogP contribution in [-0.4, -0.2) is 31.5 Å². The van der Waals surface area contributed by atoms with Gasteiger partial charge in [0.05, 0.1) is 17.1 Å². The summed E-state index contributed by atoms with van der Waals surface area (Å²) in [5.74, 6) is -1.19. The van der Waals surface area contributed by atoms with E-state index < -0.39 is 39.5 Å². The maximum Gasteiger partial charge on any atom is 0.419 e. The second-order valence-corrected chi connectivity index (χ2v) is 7.91. The van der Waals surface area contributed by atoms with E-state index in [0.717, 1.165) is 17.7 Å². The lowest BCUT2D eigenvalue weighted by molar-refractivity contribution is -0.140. The van der Waals surface area contributed by atoms with Crippen LogP contribution in [0.4, 0.5) is 13.2 Å². The maximum atomic E-state index is 13.1. The molecule has 0 radical (unpaired) electrons. The van der Waals surface area contributed by atoms with Crippen molar-refractivity contribution in [3.8, 4) is 0 Å². The standard InChI is InChI=1S/C19H18F3N3O4S/c1-3-29-18(26)17(24-23)16(13-5-4-6-14(11-13)19(20,21)22)25-30(27,28)15-9-7-12(2)8-10-15/h4-11,16,25H,3H2,1-2H3. The SMILES string of the molecule is CCOC(=O)C(=[N+]=[N-])C(NS(=O)(=O)c1ccc(C)cc1)c1cccc(C(F)(F)F)c1. The van der Waals surface area contributed by atoms with Crippen molar-refractivity contribution in [1.82, 2.24) is 4.72 Å². The summed E-state index contributed by atoms with van der Waals surface area (Å²) >= 11 is 0. The van der Waals surface area contributed by atoms with Crippen LogP contribution in [-0.2, 0) is 25.7 Å². The fraction of sp³-hybridized carbons (Fsp3) is 0.263. The molecule has 7 nitrogen and oxygen atoms in total. The van der Waals surface area contributed by atoms with E-state index in [1.54, 1.807) is 6.92 Å². The van der Waals surface area contributed by atoms with E-state index in [2.05, 4.69) is 9.51 Å². The van der Waals surface area contributed by atoms with E-state index in [1.165, 1.54) is 37.3 Å². The Bertz CT molecular complexity index is 1080. The minimum atomic E-state index is -4.71. The second-order valence-electron chi connectivity index (χ2n) is 6.20. The first-order valence-corrected chi connectivity index (χ1v) is 10.1. The number of sulfonamides is 1. The molecule has 0 spiro atoms. The normalized spacial score (nSPS) is 12.7. The number of alkyl halides is 3. The van der Waals surface area contributed by atoms with Crippen molar-refractivity contribution >= 4 is 21.7 Å². The molecule has 1 N–H and O–H groups in total. The second kappa shape index (κ2) is 9.21. The highest BCUT2D eigenvalue weighted by Gasteiger charge is 2.39. The minimum Gasteiger partial charge on any atom is -0.457 e. The molecule has 1 atom stereocenters. The van der Waals surface area contributed by atoms with Crippen molar-refractivity contribution in [3.63, 3.8) is 0 Å². The summed E-state index contributed by atoms with van der Waals surface area (Å²) in [5.41, 5.74) is 7.96. The molecule has 0 amide bonds. The molecule has 0 bridgehead atoms. The highest BCUT2D eigenvalue weighted by Crippen LogP contribution is 2.31. The number of rotatable bonds is 7. The molecule has 0 aliphatic carbocycles. The molecule has 160 valence electrons. The first-order valence-electron chi connectivity index (χ1n) is 8.64. The highest BCUT2D eigenvalue weighted by atomic mass is 32.2. The summed E-state index contributed by atoms with van der Waals surface area (Å²) in [6.07, 6.45) is -4.71. The largest absolute Gasteiger partial charge is 0.457 e. The van der Waals surface area contributed by atoms with Crippen molar-refractivity contribution in [3.05, 3.63) is 70.8 Å². The molecule has 2 aromatic carbocycles. The number of carbonyl (C=O) groups excluding carboxylic acids is 1. The Morgan fingerprint density at radius 2 is 1.83 bits per heavy atom. The number of aryl methyl sites for hydroxylation is 1. The molecule has 0 fully saturated rings. The van der Waals surface area contributed by atoms with Crippen LogP contribution in [0, 0.1) is 6.92 Å². The number of ether oxygens (including phenoxy) is 1. The van der Waals surface area contributed by atoms with Gasteiger partial charge >= 0.3 is 17.9 Å². The maximum absolute atomic E-state index is 13.1. The number of esters is 1. The lowest BCUT2D eigenvalue weighted by Gasteiger charge is -2.17. The summed E-state index contributed by atoms with van der Waals surface area (Å²) in [7, 11) is -4.31. The smallest absolute Gasteiger partial charge is 0.419 e. The molecule has 0 saturated heterocycles. The molecule has 0 aliphatic heterocycles. The lowest BCUT2D eigenvalue weighted by Crippen LogP contribution is -2.38. The van der Waals surface area contributed by atoms with Gasteiger partial charge in [0.15, 0.2) is 6.04 Å². The molecular weight excluding hydrogens is 423 g/mol. The average molecular weight is 441 g/mol. The number of nitrogens with zero attached hydrogens (tertiary/aromatic N) is 2. The molecule has 30 heavy (non-hydrogen) atoms. The quantitative estimate of drug-likeness (QED) is 0.308. The third kappa shape index (κ3) is 5.53. The molecule has 0 aromatic heterocycles. The number of hydrogen-bond donors (Lipinski definition) is 1. The van der Waals surface area contributed by atoms with Gasteiger partial charge in [0.1, 0.15) is 0 Å². The zero-order valence-corrected chi connectivity index (χ0v) is 16.8. The molecule has 11 heteroatoms. The van der Waals surface area contributed by atoms with Gasteiger partial charge in [-0.3, -0.25) is 0 Å². The molecule has 0 heterocycles. The highest BCUT2D eigenvalue weighted by molar-refractivity contribution is 7.89. The predicted molar refractivity (Wildman–Crippen MR) is 101 cm³/mol. The third-order valence-corrected chi connectivity index (χ3v) is 5.46. The van der Waals surface area contributed by atoms with Gasteiger partial charge in [0.25, 0.3) is 0 Å². The molecule has 1 unspecified atom stereocenters. The first-order chi connectivity index (χ1) is 14.0. The minimum absolute atomic E-state index is 0.127. The molecular formula is C19H18F3N3O4S. The first kappa shape index (κ1) is 23.3. The van der Waals surface area contributed by atoms with Crippen LogP contribution >= 0.6 is 0 Å². The van der Waals surface area contributed by atoms with E-state index in [-0.39, 0.29) is 17.1 Å². The Balaban J connectivity index is 2.58. The Morgan fingerprint density at radius 3 is 2.37 bits per heavy atom. The van der Waals surface area contributed by atoms with Crippen LogP contribution in [0.2, 0.25) is 0 Å². The zero-order chi connectivity index (χ0) is 22.5. The number of benzene rings is 2. The van der Waals surface area contributed by atoms with Crippen LogP contribution < -0.4 is 4.72 Å². The van der Waals surface area contributed by atoms with Gasteiger partial charge in [-0.25, -0.2) is 13.2 Å². The summed E-state index contributed by atoms with van der Waals surface area (Å²) < 4.78 is 71.8. The molecule has 2 rings (SSSR count). The summed E-state index contributed by atoms with van der Waals surface area (Å²) in [6, 6.07) is 7.57. The van der Waals surface area contributed by atoms with Gasteiger partial charge in [-0.1, -0.05) is 29.8 Å². The average Bonchev–Trinajstić information content (AvgIpc) is 2.67. The van der Waals surface area contributed by atoms with Crippen LogP contribution in [0.25, 0.3) is 5.53 Å². The summed E-state index contributed by atoms with van der Waals surface area (Å²) in [6.45, 7) is 3.08. The van der Waals surface area contributed by atoms with Crippen LogP contribution in [0.3, 0.4) is 0 Å². The number of halogens is 3. The predicted octanol–water partition coefficient (Wildman–Crippen LogP) is 3.27. The summed E-state index contributed by atoms with van der Waals surface area (Å²) in [4.78, 5) is 14.8. The van der Waals surface area contributed by atoms with E-state index in [1.807, 2.05) is 0 Å².